The largest absolute Gasteiger partial charge is 0.326 e. The fourth-order valence-corrected chi connectivity index (χ4v) is 3.57. The normalized spacial score (nSPS) is 12.5. The Morgan fingerprint density at radius 3 is 2.28 bits per heavy atom. The number of fused-ring (bicyclic) bond motifs is 1. The Labute approximate surface area is 185 Å². The molecule has 1 aliphatic rings. The lowest BCUT2D eigenvalue weighted by Crippen LogP contribution is -2.29. The lowest BCUT2D eigenvalue weighted by molar-refractivity contribution is -0.114. The second kappa shape index (κ2) is 8.47. The van der Waals surface area contributed by atoms with E-state index in [1.54, 1.807) is 18.2 Å². The maximum Gasteiger partial charge on any atom is 0.261 e. The van der Waals surface area contributed by atoms with Crippen LogP contribution in [0.5, 0.6) is 0 Å². The molecule has 7 heteroatoms. The Morgan fingerprint density at radius 2 is 1.56 bits per heavy atom. The molecule has 4 rings (SSSR count). The molecule has 0 radical (unpaired) electrons. The summed E-state index contributed by atoms with van der Waals surface area (Å²) in [7, 11) is 0. The molecule has 32 heavy (non-hydrogen) atoms. The van der Waals surface area contributed by atoms with Crippen LogP contribution in [0.3, 0.4) is 0 Å². The molecule has 0 saturated carbocycles. The van der Waals surface area contributed by atoms with Crippen LogP contribution in [0.25, 0.3) is 0 Å². The Bertz CT molecular complexity index is 1250. The van der Waals surface area contributed by atoms with Crippen molar-refractivity contribution in [3.8, 4) is 0 Å². The topological polar surface area (TPSA) is 95.6 Å². The average Bonchev–Trinajstić information content (AvgIpc) is 3.01. The van der Waals surface area contributed by atoms with Crippen molar-refractivity contribution < 1.29 is 19.2 Å². The third-order valence-electron chi connectivity index (χ3n) is 5.22. The Morgan fingerprint density at radius 1 is 0.844 bits per heavy atom. The predicted molar refractivity (Wildman–Crippen MR) is 121 cm³/mol. The summed E-state index contributed by atoms with van der Waals surface area (Å²) in [6.07, 6.45) is 0. The van der Waals surface area contributed by atoms with Crippen molar-refractivity contribution in [1.82, 2.24) is 4.90 Å². The number of imide groups is 1. The molecule has 0 unspecified atom stereocenters. The maximum atomic E-state index is 12.9. The van der Waals surface area contributed by atoms with Crippen LogP contribution in [0.1, 0.15) is 49.1 Å². The molecule has 1 aliphatic heterocycles. The zero-order valence-corrected chi connectivity index (χ0v) is 17.6. The van der Waals surface area contributed by atoms with Crippen LogP contribution in [0.4, 0.5) is 11.4 Å². The zero-order valence-electron chi connectivity index (χ0n) is 17.6. The monoisotopic (exact) mass is 427 g/mol. The van der Waals surface area contributed by atoms with E-state index in [-0.39, 0.29) is 35.0 Å². The summed E-state index contributed by atoms with van der Waals surface area (Å²) in [6, 6.07) is 18.9. The quantitative estimate of drug-likeness (QED) is 0.602. The highest BCUT2D eigenvalue weighted by atomic mass is 16.2. The van der Waals surface area contributed by atoms with E-state index < -0.39 is 11.8 Å². The van der Waals surface area contributed by atoms with E-state index in [0.29, 0.717) is 11.4 Å². The van der Waals surface area contributed by atoms with Crippen LogP contribution < -0.4 is 10.6 Å². The first-order valence-electron chi connectivity index (χ1n) is 10.1. The number of rotatable bonds is 5. The van der Waals surface area contributed by atoms with Gasteiger partial charge in [0.05, 0.1) is 17.7 Å². The van der Waals surface area contributed by atoms with E-state index in [4.69, 9.17) is 0 Å². The summed E-state index contributed by atoms with van der Waals surface area (Å²) in [5, 5.41) is 5.49. The number of hydrogen-bond donors (Lipinski definition) is 2. The summed E-state index contributed by atoms with van der Waals surface area (Å²) < 4.78 is 0. The predicted octanol–water partition coefficient (Wildman–Crippen LogP) is 4.00. The van der Waals surface area contributed by atoms with E-state index in [1.165, 1.54) is 30.0 Å². The molecule has 0 aliphatic carbocycles. The SMILES string of the molecule is CC(=O)Nc1ccc(C)c(NC(=O)c2ccc3c(c2)C(=O)N(Cc2ccccc2)C3=O)c1. The minimum atomic E-state index is -0.424. The van der Waals surface area contributed by atoms with Gasteiger partial charge in [0.2, 0.25) is 5.91 Å². The van der Waals surface area contributed by atoms with Gasteiger partial charge in [-0.1, -0.05) is 36.4 Å². The van der Waals surface area contributed by atoms with Crippen molar-refractivity contribution in [3.63, 3.8) is 0 Å². The highest BCUT2D eigenvalue weighted by Crippen LogP contribution is 2.27. The number of amides is 4. The summed E-state index contributed by atoms with van der Waals surface area (Å²) in [4.78, 5) is 50.9. The van der Waals surface area contributed by atoms with Crippen LogP contribution >= 0.6 is 0 Å². The van der Waals surface area contributed by atoms with Gasteiger partial charge >= 0.3 is 0 Å². The average molecular weight is 427 g/mol. The molecule has 0 atom stereocenters. The van der Waals surface area contributed by atoms with Gasteiger partial charge in [-0.3, -0.25) is 24.1 Å². The highest BCUT2D eigenvalue weighted by molar-refractivity contribution is 6.22. The van der Waals surface area contributed by atoms with Crippen LogP contribution in [0.15, 0.2) is 66.7 Å². The third kappa shape index (κ3) is 4.13. The molecule has 0 fully saturated rings. The van der Waals surface area contributed by atoms with E-state index in [1.807, 2.05) is 37.3 Å². The molecular weight excluding hydrogens is 406 g/mol. The molecule has 2 N–H and O–H groups in total. The molecule has 1 heterocycles. The molecular formula is C25H21N3O4. The minimum Gasteiger partial charge on any atom is -0.326 e. The van der Waals surface area contributed by atoms with Gasteiger partial charge in [-0.2, -0.15) is 0 Å². The van der Waals surface area contributed by atoms with Crippen molar-refractivity contribution in [1.29, 1.82) is 0 Å². The second-order valence-corrected chi connectivity index (χ2v) is 7.61. The first-order valence-corrected chi connectivity index (χ1v) is 10.1. The fraction of sp³-hybridized carbons (Fsp3) is 0.120. The van der Waals surface area contributed by atoms with Crippen LogP contribution in [-0.4, -0.2) is 28.5 Å². The number of benzene rings is 3. The van der Waals surface area contributed by atoms with Crippen molar-refractivity contribution >= 4 is 35.0 Å². The number of nitrogens with one attached hydrogen (secondary N) is 2. The number of nitrogens with zero attached hydrogens (tertiary/aromatic N) is 1. The first-order chi connectivity index (χ1) is 15.3. The smallest absolute Gasteiger partial charge is 0.261 e. The second-order valence-electron chi connectivity index (χ2n) is 7.61. The Balaban J connectivity index is 1.56. The molecule has 4 amide bonds. The molecule has 0 bridgehead atoms. The van der Waals surface area contributed by atoms with E-state index >= 15 is 0 Å². The molecule has 0 aromatic heterocycles. The Kier molecular flexibility index (Phi) is 5.55. The summed E-state index contributed by atoms with van der Waals surface area (Å²) in [6.45, 7) is 3.41. The molecule has 7 nitrogen and oxygen atoms in total. The first kappa shape index (κ1) is 21.0. The standard InChI is InChI=1S/C25H21N3O4/c1-15-8-10-19(26-16(2)29)13-22(15)27-23(30)18-9-11-20-21(12-18)25(32)28(24(20)31)14-17-6-4-3-5-7-17/h3-13H,14H2,1-2H3,(H,26,29)(H,27,30). The summed E-state index contributed by atoms with van der Waals surface area (Å²) >= 11 is 0. The van der Waals surface area contributed by atoms with Gasteiger partial charge in [0, 0.05) is 23.9 Å². The van der Waals surface area contributed by atoms with Gasteiger partial charge < -0.3 is 10.6 Å². The summed E-state index contributed by atoms with van der Waals surface area (Å²) in [5.74, 6) is -1.43. The van der Waals surface area contributed by atoms with Crippen molar-refractivity contribution in [2.24, 2.45) is 0 Å². The van der Waals surface area contributed by atoms with Crippen molar-refractivity contribution in [2.75, 3.05) is 10.6 Å². The van der Waals surface area contributed by atoms with Gasteiger partial charge in [-0.05, 0) is 48.4 Å². The van der Waals surface area contributed by atoms with Crippen LogP contribution in [-0.2, 0) is 11.3 Å². The van der Waals surface area contributed by atoms with Crippen molar-refractivity contribution in [3.05, 3.63) is 94.5 Å². The van der Waals surface area contributed by atoms with Crippen LogP contribution in [0.2, 0.25) is 0 Å². The molecule has 3 aromatic rings. The van der Waals surface area contributed by atoms with Crippen molar-refractivity contribution in [2.45, 2.75) is 20.4 Å². The zero-order chi connectivity index (χ0) is 22.8. The van der Waals surface area contributed by atoms with Gasteiger partial charge in [0.1, 0.15) is 0 Å². The number of carbonyl (C=O) groups is 4. The number of aryl methyl sites for hydroxylation is 1. The van der Waals surface area contributed by atoms with E-state index in [0.717, 1.165) is 11.1 Å². The maximum absolute atomic E-state index is 12.9. The highest BCUT2D eigenvalue weighted by Gasteiger charge is 2.36. The van der Waals surface area contributed by atoms with Gasteiger partial charge in [-0.15, -0.1) is 0 Å². The molecule has 3 aromatic carbocycles. The molecule has 0 saturated heterocycles. The lowest BCUT2D eigenvalue weighted by Gasteiger charge is -2.13. The number of anilines is 2. The molecule has 0 spiro atoms. The number of carbonyl (C=O) groups excluding carboxylic acids is 4. The van der Waals surface area contributed by atoms with Gasteiger partial charge in [0.25, 0.3) is 17.7 Å². The Hall–Kier alpha value is -4.26. The fourth-order valence-electron chi connectivity index (χ4n) is 3.57. The lowest BCUT2D eigenvalue weighted by atomic mass is 10.0. The van der Waals surface area contributed by atoms with Gasteiger partial charge in [-0.25, -0.2) is 0 Å². The van der Waals surface area contributed by atoms with Gasteiger partial charge in [0.15, 0.2) is 0 Å². The van der Waals surface area contributed by atoms with E-state index in [2.05, 4.69) is 10.6 Å². The van der Waals surface area contributed by atoms with E-state index in [9.17, 15) is 19.2 Å². The molecule has 160 valence electrons. The van der Waals surface area contributed by atoms with Crippen LogP contribution in [0, 0.1) is 6.92 Å². The minimum absolute atomic E-state index is 0.170. The summed E-state index contributed by atoms with van der Waals surface area (Å²) in [5.41, 5.74) is 3.51. The third-order valence-corrected chi connectivity index (χ3v) is 5.22. The number of hydrogen-bond acceptors (Lipinski definition) is 4.